The van der Waals surface area contributed by atoms with Crippen molar-refractivity contribution in [2.75, 3.05) is 18.4 Å². The molecule has 0 bridgehead atoms. The normalized spacial score (nSPS) is 15.5. The lowest BCUT2D eigenvalue weighted by molar-refractivity contribution is 0.102. The van der Waals surface area contributed by atoms with Crippen molar-refractivity contribution in [3.05, 3.63) is 57.0 Å². The van der Waals surface area contributed by atoms with Gasteiger partial charge in [0.05, 0.1) is 26.2 Å². The monoisotopic (exact) mass is 446 g/mol. The molecule has 0 aromatic heterocycles. The summed E-state index contributed by atoms with van der Waals surface area (Å²) in [5.41, 5.74) is 0.409. The number of nitrogens with one attached hydrogen (secondary N) is 1. The second-order valence-corrected chi connectivity index (χ2v) is 9.37. The van der Waals surface area contributed by atoms with Crippen LogP contribution >= 0.6 is 34.8 Å². The first-order valence-electron chi connectivity index (χ1n) is 8.35. The van der Waals surface area contributed by atoms with Gasteiger partial charge in [-0.15, -0.1) is 0 Å². The van der Waals surface area contributed by atoms with Gasteiger partial charge in [0, 0.05) is 18.1 Å². The van der Waals surface area contributed by atoms with E-state index in [0.29, 0.717) is 23.8 Å². The molecule has 0 spiro atoms. The fourth-order valence-electron chi connectivity index (χ4n) is 2.87. The number of hydrogen-bond donors (Lipinski definition) is 1. The van der Waals surface area contributed by atoms with Gasteiger partial charge in [-0.1, -0.05) is 41.2 Å². The van der Waals surface area contributed by atoms with E-state index < -0.39 is 15.9 Å². The number of carbonyl (C=O) groups excluding carboxylic acids is 1. The third-order valence-electron chi connectivity index (χ3n) is 4.31. The SMILES string of the molecule is O=C(Nc1ccc(Cl)cc1Cl)c1cc(S(=O)(=O)N2CCCCC2)ccc1Cl. The van der Waals surface area contributed by atoms with Crippen LogP contribution < -0.4 is 5.32 Å². The average molecular weight is 448 g/mol. The number of rotatable bonds is 4. The first kappa shape index (κ1) is 20.4. The van der Waals surface area contributed by atoms with Crippen LogP contribution in [0.2, 0.25) is 15.1 Å². The van der Waals surface area contributed by atoms with E-state index in [1.54, 1.807) is 12.1 Å². The molecular formula is C18H17Cl3N2O3S. The predicted molar refractivity (Wildman–Crippen MR) is 108 cm³/mol. The highest BCUT2D eigenvalue weighted by atomic mass is 35.5. The molecule has 0 radical (unpaired) electrons. The van der Waals surface area contributed by atoms with Crippen LogP contribution in [0.1, 0.15) is 29.6 Å². The molecular weight excluding hydrogens is 431 g/mol. The molecule has 5 nitrogen and oxygen atoms in total. The molecule has 1 N–H and O–H groups in total. The van der Waals surface area contributed by atoms with E-state index in [1.165, 1.54) is 28.6 Å². The van der Waals surface area contributed by atoms with Crippen molar-refractivity contribution in [2.45, 2.75) is 24.2 Å². The lowest BCUT2D eigenvalue weighted by Gasteiger charge is -2.26. The summed E-state index contributed by atoms with van der Waals surface area (Å²) in [5, 5.41) is 3.48. The molecule has 3 rings (SSSR count). The highest BCUT2D eigenvalue weighted by Gasteiger charge is 2.27. The summed E-state index contributed by atoms with van der Waals surface area (Å²) in [7, 11) is -3.67. The predicted octanol–water partition coefficient (Wildman–Crippen LogP) is 5.07. The fourth-order valence-corrected chi connectivity index (χ4v) is 5.08. The number of benzene rings is 2. The van der Waals surface area contributed by atoms with Crippen molar-refractivity contribution < 1.29 is 13.2 Å². The Bertz CT molecular complexity index is 974. The van der Waals surface area contributed by atoms with E-state index in [4.69, 9.17) is 34.8 Å². The fraction of sp³-hybridized carbons (Fsp3) is 0.278. The Balaban J connectivity index is 1.89. The van der Waals surface area contributed by atoms with Crippen LogP contribution in [0.3, 0.4) is 0 Å². The summed E-state index contributed by atoms with van der Waals surface area (Å²) in [5.74, 6) is -0.556. The molecule has 27 heavy (non-hydrogen) atoms. The highest BCUT2D eigenvalue weighted by Crippen LogP contribution is 2.28. The Morgan fingerprint density at radius 1 is 0.926 bits per heavy atom. The van der Waals surface area contributed by atoms with Crippen LogP contribution in [0.15, 0.2) is 41.3 Å². The molecule has 0 unspecified atom stereocenters. The van der Waals surface area contributed by atoms with Crippen molar-refractivity contribution in [3.63, 3.8) is 0 Å². The van der Waals surface area contributed by atoms with E-state index in [0.717, 1.165) is 19.3 Å². The standard InChI is InChI=1S/C18H17Cl3N2O3S/c19-12-4-7-17(16(21)10-12)22-18(24)14-11-13(5-6-15(14)20)27(25,26)23-8-2-1-3-9-23/h4-7,10-11H,1-3,8-9H2,(H,22,24). The van der Waals surface area contributed by atoms with Crippen LogP contribution in [-0.4, -0.2) is 31.7 Å². The van der Waals surface area contributed by atoms with E-state index in [9.17, 15) is 13.2 Å². The van der Waals surface area contributed by atoms with Gasteiger partial charge in [-0.3, -0.25) is 4.79 Å². The summed E-state index contributed by atoms with van der Waals surface area (Å²) in [6, 6.07) is 8.77. The molecule has 0 aliphatic carbocycles. The first-order valence-corrected chi connectivity index (χ1v) is 10.9. The molecule has 0 atom stereocenters. The van der Waals surface area contributed by atoms with Crippen molar-refractivity contribution in [1.29, 1.82) is 0 Å². The van der Waals surface area contributed by atoms with Crippen LogP contribution in [0.5, 0.6) is 0 Å². The third-order valence-corrected chi connectivity index (χ3v) is 7.09. The largest absolute Gasteiger partial charge is 0.321 e. The Labute approximate surface area is 173 Å². The average Bonchev–Trinajstić information content (AvgIpc) is 2.65. The number of sulfonamides is 1. The van der Waals surface area contributed by atoms with Gasteiger partial charge < -0.3 is 5.32 Å². The van der Waals surface area contributed by atoms with Gasteiger partial charge in [-0.05, 0) is 49.2 Å². The molecule has 1 amide bonds. The number of nitrogens with zero attached hydrogens (tertiary/aromatic N) is 1. The van der Waals surface area contributed by atoms with Gasteiger partial charge in [0.15, 0.2) is 0 Å². The maximum atomic E-state index is 12.8. The van der Waals surface area contributed by atoms with Crippen LogP contribution in [0.4, 0.5) is 5.69 Å². The smallest absolute Gasteiger partial charge is 0.257 e. The van der Waals surface area contributed by atoms with E-state index in [2.05, 4.69) is 5.32 Å². The number of piperidine rings is 1. The molecule has 2 aromatic rings. The van der Waals surface area contributed by atoms with Crippen molar-refractivity contribution in [1.82, 2.24) is 4.31 Å². The molecule has 1 aliphatic heterocycles. The summed E-state index contributed by atoms with van der Waals surface area (Å²) in [6.07, 6.45) is 2.67. The molecule has 1 heterocycles. The van der Waals surface area contributed by atoms with Gasteiger partial charge in [-0.25, -0.2) is 8.42 Å². The maximum absolute atomic E-state index is 12.8. The minimum absolute atomic E-state index is 0.0427. The number of hydrogen-bond acceptors (Lipinski definition) is 3. The zero-order valence-corrected chi connectivity index (χ0v) is 17.3. The first-order chi connectivity index (χ1) is 12.8. The zero-order chi connectivity index (χ0) is 19.6. The van der Waals surface area contributed by atoms with Crippen LogP contribution in [-0.2, 0) is 10.0 Å². The summed E-state index contributed by atoms with van der Waals surface area (Å²) >= 11 is 18.1. The Hall–Kier alpha value is -1.31. The second-order valence-electron chi connectivity index (χ2n) is 6.18. The van der Waals surface area contributed by atoms with E-state index >= 15 is 0 Å². The second kappa shape index (κ2) is 8.37. The maximum Gasteiger partial charge on any atom is 0.257 e. The third kappa shape index (κ3) is 4.58. The molecule has 1 fully saturated rings. The Morgan fingerprint density at radius 3 is 2.30 bits per heavy atom. The lowest BCUT2D eigenvalue weighted by atomic mass is 10.2. The summed E-state index contributed by atoms with van der Waals surface area (Å²) < 4.78 is 27.1. The zero-order valence-electron chi connectivity index (χ0n) is 14.2. The topological polar surface area (TPSA) is 66.5 Å². The minimum Gasteiger partial charge on any atom is -0.321 e. The minimum atomic E-state index is -3.67. The van der Waals surface area contributed by atoms with Crippen molar-refractivity contribution in [3.8, 4) is 0 Å². The molecule has 1 saturated heterocycles. The van der Waals surface area contributed by atoms with Gasteiger partial charge in [0.25, 0.3) is 5.91 Å². The molecule has 9 heteroatoms. The van der Waals surface area contributed by atoms with Gasteiger partial charge in [-0.2, -0.15) is 4.31 Å². The molecule has 1 aliphatic rings. The number of carbonyl (C=O) groups is 1. The quantitative estimate of drug-likeness (QED) is 0.711. The van der Waals surface area contributed by atoms with E-state index in [1.807, 2.05) is 0 Å². The Morgan fingerprint density at radius 2 is 1.63 bits per heavy atom. The molecule has 144 valence electrons. The summed E-state index contributed by atoms with van der Waals surface area (Å²) in [6.45, 7) is 0.958. The van der Waals surface area contributed by atoms with Crippen molar-refractivity contribution in [2.24, 2.45) is 0 Å². The van der Waals surface area contributed by atoms with E-state index in [-0.39, 0.29) is 20.5 Å². The van der Waals surface area contributed by atoms with Crippen LogP contribution in [0, 0.1) is 0 Å². The molecule has 2 aromatic carbocycles. The Kier molecular flexibility index (Phi) is 6.33. The van der Waals surface area contributed by atoms with Crippen LogP contribution in [0.25, 0.3) is 0 Å². The van der Waals surface area contributed by atoms with Crippen molar-refractivity contribution >= 4 is 56.4 Å². The summed E-state index contributed by atoms with van der Waals surface area (Å²) in [4.78, 5) is 12.7. The van der Waals surface area contributed by atoms with Gasteiger partial charge >= 0.3 is 0 Å². The number of halogens is 3. The lowest BCUT2D eigenvalue weighted by Crippen LogP contribution is -2.35. The van der Waals surface area contributed by atoms with Gasteiger partial charge in [0.1, 0.15) is 0 Å². The molecule has 0 saturated carbocycles. The van der Waals surface area contributed by atoms with Gasteiger partial charge in [0.2, 0.25) is 10.0 Å². The number of anilines is 1. The highest BCUT2D eigenvalue weighted by molar-refractivity contribution is 7.89. The number of amides is 1.